The van der Waals surface area contributed by atoms with E-state index in [9.17, 15) is 22.7 Å². The van der Waals surface area contributed by atoms with Gasteiger partial charge in [0.15, 0.2) is 9.84 Å². The van der Waals surface area contributed by atoms with Crippen molar-refractivity contribution in [1.29, 1.82) is 0 Å². The number of phenols is 1. The van der Waals surface area contributed by atoms with Gasteiger partial charge in [0.05, 0.1) is 18.1 Å². The highest BCUT2D eigenvalue weighted by Gasteiger charge is 2.32. The minimum atomic E-state index is -3.93. The van der Waals surface area contributed by atoms with Gasteiger partial charge >= 0.3 is 0 Å². The van der Waals surface area contributed by atoms with Gasteiger partial charge in [0, 0.05) is 30.0 Å². The maximum absolute atomic E-state index is 13.5. The summed E-state index contributed by atoms with van der Waals surface area (Å²) >= 11 is 0. The van der Waals surface area contributed by atoms with Crippen LogP contribution in [0.2, 0.25) is 0 Å². The van der Waals surface area contributed by atoms with Crippen molar-refractivity contribution in [2.75, 3.05) is 13.2 Å². The fourth-order valence-electron chi connectivity index (χ4n) is 4.53. The number of phenolic OH excluding ortho intramolecular Hbond substituents is 1. The first-order valence-corrected chi connectivity index (χ1v) is 14.8. The third-order valence-corrected chi connectivity index (χ3v) is 8.72. The number of hydrogen-bond acceptors (Lipinski definition) is 6. The minimum absolute atomic E-state index is 0.0223. The predicted molar refractivity (Wildman–Crippen MR) is 155 cm³/mol. The molecule has 7 nitrogen and oxygen atoms in total. The van der Waals surface area contributed by atoms with Gasteiger partial charge in [-0.3, -0.25) is 4.79 Å². The van der Waals surface area contributed by atoms with Crippen molar-refractivity contribution < 1.29 is 32.2 Å². The van der Waals surface area contributed by atoms with E-state index >= 15 is 0 Å². The third kappa shape index (κ3) is 7.24. The van der Waals surface area contributed by atoms with Crippen LogP contribution in [0.5, 0.6) is 17.2 Å². The lowest BCUT2D eigenvalue weighted by atomic mass is 10.00. The standard InChI is InChI=1S/C32H32FNO6S/c1-2-22-19-27(23-13-15-24(33)16-14-23)28(35)20-30(22)40-18-8-17-39-29-12-7-6-11-26(29)31(21-32(34)36)41(37,38)25-9-4-3-5-10-25/h3-7,9-16,19-20,31,35H,2,8,17-18,21H2,1H3,(H2,34,36). The number of carbonyl (C=O) groups is 1. The lowest BCUT2D eigenvalue weighted by molar-refractivity contribution is -0.118. The molecular weight excluding hydrogens is 545 g/mol. The van der Waals surface area contributed by atoms with E-state index in [-0.39, 0.29) is 29.7 Å². The molecule has 0 spiro atoms. The number of primary amides is 1. The molecule has 41 heavy (non-hydrogen) atoms. The van der Waals surface area contributed by atoms with Crippen molar-refractivity contribution in [1.82, 2.24) is 0 Å². The Bertz CT molecular complexity index is 1590. The number of sulfone groups is 1. The number of rotatable bonds is 13. The molecule has 0 saturated heterocycles. The van der Waals surface area contributed by atoms with Crippen LogP contribution in [0, 0.1) is 5.82 Å². The summed E-state index contributed by atoms with van der Waals surface area (Å²) in [7, 11) is -3.93. The van der Waals surface area contributed by atoms with Gasteiger partial charge in [-0.15, -0.1) is 0 Å². The van der Waals surface area contributed by atoms with Crippen LogP contribution in [0.25, 0.3) is 11.1 Å². The number of hydrogen-bond donors (Lipinski definition) is 2. The highest BCUT2D eigenvalue weighted by molar-refractivity contribution is 7.91. The second-order valence-corrected chi connectivity index (χ2v) is 11.6. The molecule has 0 bridgehead atoms. The number of carbonyl (C=O) groups excluding carboxylic acids is 1. The van der Waals surface area contributed by atoms with Gasteiger partial charge in [-0.2, -0.15) is 0 Å². The molecule has 0 radical (unpaired) electrons. The number of benzene rings is 4. The maximum atomic E-state index is 13.5. The summed E-state index contributed by atoms with van der Waals surface area (Å²) < 4.78 is 52.1. The summed E-state index contributed by atoms with van der Waals surface area (Å²) in [5.41, 5.74) is 7.96. The molecule has 214 valence electrons. The predicted octanol–water partition coefficient (Wildman–Crippen LogP) is 6.00. The smallest absolute Gasteiger partial charge is 0.219 e. The Morgan fingerprint density at radius 2 is 1.54 bits per heavy atom. The van der Waals surface area contributed by atoms with Crippen molar-refractivity contribution in [3.8, 4) is 28.4 Å². The fourth-order valence-corrected chi connectivity index (χ4v) is 6.31. The molecule has 3 N–H and O–H groups in total. The Kier molecular flexibility index (Phi) is 9.62. The Morgan fingerprint density at radius 1 is 0.902 bits per heavy atom. The van der Waals surface area contributed by atoms with Crippen molar-refractivity contribution in [3.63, 3.8) is 0 Å². The molecule has 4 aromatic rings. The van der Waals surface area contributed by atoms with Crippen molar-refractivity contribution >= 4 is 15.7 Å². The largest absolute Gasteiger partial charge is 0.507 e. The Morgan fingerprint density at radius 3 is 2.20 bits per heavy atom. The zero-order valence-corrected chi connectivity index (χ0v) is 23.4. The average Bonchev–Trinajstić information content (AvgIpc) is 2.97. The van der Waals surface area contributed by atoms with E-state index in [0.717, 1.165) is 5.56 Å². The highest BCUT2D eigenvalue weighted by atomic mass is 32.2. The number of aromatic hydroxyl groups is 1. The van der Waals surface area contributed by atoms with E-state index < -0.39 is 27.4 Å². The van der Waals surface area contributed by atoms with E-state index in [1.165, 1.54) is 24.3 Å². The lowest BCUT2D eigenvalue weighted by Crippen LogP contribution is -2.22. The number of halogens is 1. The Balaban J connectivity index is 1.44. The van der Waals surface area contributed by atoms with E-state index in [1.54, 1.807) is 60.7 Å². The number of para-hydroxylation sites is 1. The van der Waals surface area contributed by atoms with Crippen LogP contribution >= 0.6 is 0 Å². The van der Waals surface area contributed by atoms with Gasteiger partial charge in [-0.05, 0) is 53.9 Å². The minimum Gasteiger partial charge on any atom is -0.507 e. The number of ether oxygens (including phenoxy) is 2. The average molecular weight is 578 g/mol. The summed E-state index contributed by atoms with van der Waals surface area (Å²) in [4.78, 5) is 12.0. The molecule has 4 aromatic carbocycles. The topological polar surface area (TPSA) is 116 Å². The molecule has 0 heterocycles. The molecule has 0 aliphatic carbocycles. The quantitative estimate of drug-likeness (QED) is 0.188. The first kappa shape index (κ1) is 29.6. The first-order chi connectivity index (χ1) is 19.7. The van der Waals surface area contributed by atoms with E-state index in [2.05, 4.69) is 0 Å². The summed E-state index contributed by atoms with van der Waals surface area (Å²) in [6.45, 7) is 2.46. The molecule has 0 saturated carbocycles. The first-order valence-electron chi connectivity index (χ1n) is 13.2. The van der Waals surface area contributed by atoms with Gasteiger partial charge in [-0.1, -0.05) is 55.5 Å². The number of amides is 1. The SMILES string of the molecule is CCc1cc(-c2ccc(F)cc2)c(O)cc1OCCCOc1ccccc1C(CC(N)=O)S(=O)(=O)c1ccccc1. The van der Waals surface area contributed by atoms with Crippen LogP contribution in [0.3, 0.4) is 0 Å². The van der Waals surface area contributed by atoms with Gasteiger partial charge in [0.25, 0.3) is 0 Å². The number of nitrogens with two attached hydrogens (primary N) is 1. The molecule has 0 fully saturated rings. The van der Waals surface area contributed by atoms with Crippen molar-refractivity contribution in [2.24, 2.45) is 5.73 Å². The normalized spacial score (nSPS) is 12.0. The second-order valence-electron chi connectivity index (χ2n) is 9.44. The van der Waals surface area contributed by atoms with Crippen molar-refractivity contribution in [3.05, 3.63) is 108 Å². The molecule has 0 aliphatic heterocycles. The third-order valence-electron chi connectivity index (χ3n) is 6.62. The van der Waals surface area contributed by atoms with Crippen LogP contribution in [0.15, 0.2) is 95.9 Å². The monoisotopic (exact) mass is 577 g/mol. The Hall–Kier alpha value is -4.37. The maximum Gasteiger partial charge on any atom is 0.219 e. The van der Waals surface area contributed by atoms with E-state index in [1.807, 2.05) is 13.0 Å². The molecule has 1 amide bonds. The van der Waals surface area contributed by atoms with E-state index in [4.69, 9.17) is 15.2 Å². The lowest BCUT2D eigenvalue weighted by Gasteiger charge is -2.20. The van der Waals surface area contributed by atoms with Crippen LogP contribution in [0.1, 0.15) is 36.1 Å². The second kappa shape index (κ2) is 13.3. The molecule has 0 aromatic heterocycles. The van der Waals surface area contributed by atoms with Crippen LogP contribution in [0.4, 0.5) is 4.39 Å². The van der Waals surface area contributed by atoms with Crippen LogP contribution in [-0.4, -0.2) is 32.6 Å². The summed E-state index contributed by atoms with van der Waals surface area (Å²) in [6, 6.07) is 23.9. The molecule has 4 rings (SSSR count). The zero-order chi connectivity index (χ0) is 29.4. The molecular formula is C32H32FNO6S. The number of aryl methyl sites for hydroxylation is 1. The molecule has 1 unspecified atom stereocenters. The van der Waals surface area contributed by atoms with Gasteiger partial charge in [-0.25, -0.2) is 12.8 Å². The zero-order valence-electron chi connectivity index (χ0n) is 22.6. The fraction of sp³-hybridized carbons (Fsp3) is 0.219. The molecule has 9 heteroatoms. The van der Waals surface area contributed by atoms with Crippen LogP contribution in [-0.2, 0) is 21.1 Å². The van der Waals surface area contributed by atoms with Gasteiger partial charge in [0.1, 0.15) is 28.3 Å². The van der Waals surface area contributed by atoms with Crippen molar-refractivity contribution in [2.45, 2.75) is 36.3 Å². The van der Waals surface area contributed by atoms with Crippen LogP contribution < -0.4 is 15.2 Å². The van der Waals surface area contributed by atoms with Gasteiger partial charge < -0.3 is 20.3 Å². The molecule has 0 aliphatic rings. The summed E-state index contributed by atoms with van der Waals surface area (Å²) in [5.74, 6) is -0.192. The van der Waals surface area contributed by atoms with E-state index in [0.29, 0.717) is 41.0 Å². The molecule has 1 atom stereocenters. The van der Waals surface area contributed by atoms with Gasteiger partial charge in [0.2, 0.25) is 5.91 Å². The summed E-state index contributed by atoms with van der Waals surface area (Å²) in [5, 5.41) is 9.39. The highest BCUT2D eigenvalue weighted by Crippen LogP contribution is 2.38. The Labute approximate surface area is 239 Å². The summed E-state index contributed by atoms with van der Waals surface area (Å²) in [6.07, 6.45) is 0.729.